The van der Waals surface area contributed by atoms with Crippen molar-refractivity contribution < 1.29 is 0 Å². The zero-order chi connectivity index (χ0) is 12.5. The van der Waals surface area contributed by atoms with E-state index in [1.807, 2.05) is 36.2 Å². The number of nitrogens with one attached hydrogen (secondary N) is 1. The van der Waals surface area contributed by atoms with E-state index in [2.05, 4.69) is 17.6 Å². The highest BCUT2D eigenvalue weighted by molar-refractivity contribution is 7.98. The Morgan fingerprint density at radius 2 is 2.12 bits per heavy atom. The zero-order valence-corrected chi connectivity index (χ0v) is 12.0. The highest BCUT2D eigenvalue weighted by Gasteiger charge is 2.06. The van der Waals surface area contributed by atoms with E-state index in [4.69, 9.17) is 5.26 Å². The smallest absolute Gasteiger partial charge is 0.102 e. The van der Waals surface area contributed by atoms with Crippen molar-refractivity contribution in [1.82, 2.24) is 0 Å². The molecule has 1 aromatic carbocycles. The van der Waals surface area contributed by atoms with Crippen LogP contribution >= 0.6 is 23.5 Å². The molecule has 0 heterocycles. The fourth-order valence-electron chi connectivity index (χ4n) is 1.56. The molecular formula is C13H18N2S2. The third-order valence-electron chi connectivity index (χ3n) is 2.45. The predicted molar refractivity (Wildman–Crippen MR) is 79.0 cm³/mol. The van der Waals surface area contributed by atoms with Gasteiger partial charge in [0.05, 0.1) is 11.3 Å². The molecule has 0 aliphatic carbocycles. The number of thioether (sulfide) groups is 2. The van der Waals surface area contributed by atoms with Gasteiger partial charge in [-0.1, -0.05) is 6.07 Å². The molecule has 0 saturated carbocycles. The lowest BCUT2D eigenvalue weighted by Crippen LogP contribution is -2.04. The second-order valence-corrected chi connectivity index (χ2v) is 5.45. The van der Waals surface area contributed by atoms with Crippen molar-refractivity contribution >= 4 is 29.2 Å². The molecule has 2 nitrogen and oxygen atoms in total. The molecule has 4 heteroatoms. The highest BCUT2D eigenvalue weighted by atomic mass is 32.2. The van der Waals surface area contributed by atoms with E-state index in [1.54, 1.807) is 11.8 Å². The summed E-state index contributed by atoms with van der Waals surface area (Å²) in [6.07, 6.45) is 6.50. The van der Waals surface area contributed by atoms with E-state index in [9.17, 15) is 0 Å². The first-order valence-electron chi connectivity index (χ1n) is 5.63. The number of benzene rings is 1. The summed E-state index contributed by atoms with van der Waals surface area (Å²) < 4.78 is 0. The molecule has 0 aliphatic heterocycles. The molecule has 17 heavy (non-hydrogen) atoms. The van der Waals surface area contributed by atoms with E-state index in [-0.39, 0.29) is 0 Å². The third-order valence-corrected chi connectivity index (χ3v) is 3.93. The Balaban J connectivity index is 2.56. The van der Waals surface area contributed by atoms with Crippen molar-refractivity contribution in [3.05, 3.63) is 23.8 Å². The van der Waals surface area contributed by atoms with Crippen LogP contribution in [-0.4, -0.2) is 24.8 Å². The van der Waals surface area contributed by atoms with Crippen molar-refractivity contribution in [1.29, 1.82) is 5.26 Å². The van der Waals surface area contributed by atoms with Crippen LogP contribution in [0.15, 0.2) is 23.1 Å². The average molecular weight is 266 g/mol. The molecule has 1 rings (SSSR count). The van der Waals surface area contributed by atoms with Crippen LogP contribution in [-0.2, 0) is 0 Å². The van der Waals surface area contributed by atoms with Gasteiger partial charge in [-0.15, -0.1) is 11.8 Å². The van der Waals surface area contributed by atoms with Gasteiger partial charge in [0.2, 0.25) is 0 Å². The number of anilines is 1. The number of nitrogens with zero attached hydrogens (tertiary/aromatic N) is 1. The van der Waals surface area contributed by atoms with Crippen LogP contribution in [0.3, 0.4) is 0 Å². The molecule has 0 spiro atoms. The summed E-state index contributed by atoms with van der Waals surface area (Å²) >= 11 is 3.49. The number of rotatable bonds is 7. The Kier molecular flexibility index (Phi) is 6.99. The van der Waals surface area contributed by atoms with Gasteiger partial charge in [-0.05, 0) is 43.2 Å². The first-order chi connectivity index (χ1) is 8.33. The second-order valence-electron chi connectivity index (χ2n) is 3.62. The Labute approximate surface area is 112 Å². The van der Waals surface area contributed by atoms with Crippen LogP contribution in [0.4, 0.5) is 5.69 Å². The standard InChI is InChI=1S/C13H18N2S2/c1-16-9-4-3-8-15-12-6-5-7-13(17-2)11(12)10-14/h5-7,15H,3-4,8-9H2,1-2H3. The van der Waals surface area contributed by atoms with Gasteiger partial charge in [-0.3, -0.25) is 0 Å². The van der Waals surface area contributed by atoms with Gasteiger partial charge < -0.3 is 5.32 Å². The molecule has 0 atom stereocenters. The van der Waals surface area contributed by atoms with Crippen LogP contribution < -0.4 is 5.32 Å². The molecule has 0 radical (unpaired) electrons. The first-order valence-corrected chi connectivity index (χ1v) is 8.25. The van der Waals surface area contributed by atoms with E-state index >= 15 is 0 Å². The lowest BCUT2D eigenvalue weighted by Gasteiger charge is -2.10. The summed E-state index contributed by atoms with van der Waals surface area (Å²) in [5.74, 6) is 1.21. The van der Waals surface area contributed by atoms with Gasteiger partial charge in [0, 0.05) is 11.4 Å². The summed E-state index contributed by atoms with van der Waals surface area (Å²) in [6.45, 7) is 0.938. The van der Waals surface area contributed by atoms with Gasteiger partial charge in [-0.2, -0.15) is 17.0 Å². The Morgan fingerprint density at radius 1 is 1.29 bits per heavy atom. The van der Waals surface area contributed by atoms with Gasteiger partial charge in [0.1, 0.15) is 6.07 Å². The van der Waals surface area contributed by atoms with Crippen molar-refractivity contribution in [3.8, 4) is 6.07 Å². The maximum absolute atomic E-state index is 9.16. The van der Waals surface area contributed by atoms with Crippen LogP contribution in [0.5, 0.6) is 0 Å². The van der Waals surface area contributed by atoms with Gasteiger partial charge in [-0.25, -0.2) is 0 Å². The number of unbranched alkanes of at least 4 members (excludes halogenated alkanes) is 1. The minimum atomic E-state index is 0.768. The predicted octanol–water partition coefficient (Wildman–Crippen LogP) is 3.84. The largest absolute Gasteiger partial charge is 0.384 e. The Morgan fingerprint density at radius 3 is 2.76 bits per heavy atom. The summed E-state index contributed by atoms with van der Waals surface area (Å²) in [5.41, 5.74) is 1.73. The molecule has 0 saturated heterocycles. The monoisotopic (exact) mass is 266 g/mol. The Bertz CT molecular complexity index is 385. The molecule has 0 aliphatic rings. The molecular weight excluding hydrogens is 248 g/mol. The van der Waals surface area contributed by atoms with E-state index in [0.29, 0.717) is 0 Å². The van der Waals surface area contributed by atoms with Gasteiger partial charge in [0.25, 0.3) is 0 Å². The molecule has 0 amide bonds. The van der Waals surface area contributed by atoms with E-state index < -0.39 is 0 Å². The molecule has 0 aromatic heterocycles. The van der Waals surface area contributed by atoms with E-state index in [0.717, 1.165) is 29.1 Å². The van der Waals surface area contributed by atoms with Crippen molar-refractivity contribution in [2.24, 2.45) is 0 Å². The summed E-state index contributed by atoms with van der Waals surface area (Å²) in [4.78, 5) is 1.04. The lowest BCUT2D eigenvalue weighted by molar-refractivity contribution is 0.843. The summed E-state index contributed by atoms with van der Waals surface area (Å²) in [6, 6.07) is 8.24. The van der Waals surface area contributed by atoms with Crippen LogP contribution in [0.25, 0.3) is 0 Å². The maximum atomic E-state index is 9.16. The highest BCUT2D eigenvalue weighted by Crippen LogP contribution is 2.26. The van der Waals surface area contributed by atoms with Crippen LogP contribution in [0, 0.1) is 11.3 Å². The Hall–Kier alpha value is -0.790. The zero-order valence-electron chi connectivity index (χ0n) is 10.3. The fourth-order valence-corrected chi connectivity index (χ4v) is 2.63. The molecule has 0 fully saturated rings. The molecule has 0 bridgehead atoms. The van der Waals surface area contributed by atoms with Crippen molar-refractivity contribution in [3.63, 3.8) is 0 Å². The topological polar surface area (TPSA) is 35.8 Å². The van der Waals surface area contributed by atoms with Gasteiger partial charge >= 0.3 is 0 Å². The number of hydrogen-bond donors (Lipinski definition) is 1. The van der Waals surface area contributed by atoms with E-state index in [1.165, 1.54) is 12.2 Å². The second kappa shape index (κ2) is 8.32. The van der Waals surface area contributed by atoms with Gasteiger partial charge in [0.15, 0.2) is 0 Å². The fraction of sp³-hybridized carbons (Fsp3) is 0.462. The number of nitriles is 1. The van der Waals surface area contributed by atoms with Crippen LogP contribution in [0.1, 0.15) is 18.4 Å². The van der Waals surface area contributed by atoms with Crippen molar-refractivity contribution in [2.75, 3.05) is 30.1 Å². The summed E-state index contributed by atoms with van der Waals surface area (Å²) in [7, 11) is 0. The molecule has 1 aromatic rings. The minimum absolute atomic E-state index is 0.768. The van der Waals surface area contributed by atoms with Crippen molar-refractivity contribution in [2.45, 2.75) is 17.7 Å². The molecule has 92 valence electrons. The minimum Gasteiger partial charge on any atom is -0.384 e. The summed E-state index contributed by atoms with van der Waals surface area (Å²) in [5, 5.41) is 12.5. The normalized spacial score (nSPS) is 9.94. The lowest BCUT2D eigenvalue weighted by atomic mass is 10.2. The van der Waals surface area contributed by atoms with Crippen LogP contribution in [0.2, 0.25) is 0 Å². The number of hydrogen-bond acceptors (Lipinski definition) is 4. The molecule has 0 unspecified atom stereocenters. The average Bonchev–Trinajstić information content (AvgIpc) is 2.38. The quantitative estimate of drug-likeness (QED) is 0.601. The third kappa shape index (κ3) is 4.53. The first kappa shape index (κ1) is 14.3. The SMILES string of the molecule is CSCCCCNc1cccc(SC)c1C#N. The maximum Gasteiger partial charge on any atom is 0.102 e. The molecule has 1 N–H and O–H groups in total.